The SMILES string of the molecule is COc1cccc(OC)c1/C(O)=C1\C(=O)C(=O)N(c2nc3ccccc3[nH]2)C1c1ccccc1. The van der Waals surface area contributed by atoms with Gasteiger partial charge in [0.05, 0.1) is 36.9 Å². The number of fused-ring (bicyclic) bond motifs is 1. The Hall–Kier alpha value is -4.59. The number of para-hydroxylation sites is 2. The van der Waals surface area contributed by atoms with E-state index in [0.29, 0.717) is 22.6 Å². The quantitative estimate of drug-likeness (QED) is 0.265. The number of carbonyl (C=O) groups is 2. The number of nitrogens with zero attached hydrogens (tertiary/aromatic N) is 2. The van der Waals surface area contributed by atoms with Crippen LogP contribution in [0.1, 0.15) is 17.2 Å². The summed E-state index contributed by atoms with van der Waals surface area (Å²) in [5.74, 6) is -1.21. The molecule has 1 saturated heterocycles. The second-order valence-electron chi connectivity index (χ2n) is 7.69. The summed E-state index contributed by atoms with van der Waals surface area (Å²) in [6, 6.07) is 20.4. The number of hydrogen-bond donors (Lipinski definition) is 2. The van der Waals surface area contributed by atoms with E-state index >= 15 is 0 Å². The zero-order chi connectivity index (χ0) is 23.8. The highest BCUT2D eigenvalue weighted by Crippen LogP contribution is 2.44. The molecule has 1 unspecified atom stereocenters. The minimum absolute atomic E-state index is 0.0838. The van der Waals surface area contributed by atoms with E-state index in [-0.39, 0.29) is 22.8 Å². The molecule has 8 heteroatoms. The fraction of sp³-hybridized carbons (Fsp3) is 0.115. The Morgan fingerprint density at radius 3 is 2.21 bits per heavy atom. The number of aromatic nitrogens is 2. The second-order valence-corrected chi connectivity index (χ2v) is 7.69. The van der Waals surface area contributed by atoms with Crippen molar-refractivity contribution in [3.05, 3.63) is 89.5 Å². The maximum absolute atomic E-state index is 13.4. The standard InChI is InChI=1S/C26H21N3O5/c1-33-18-13-8-14-19(34-2)20(18)23(30)21-22(15-9-4-3-5-10-15)29(25(32)24(21)31)26-27-16-11-6-7-12-17(16)28-26/h3-14,22,30H,1-2H3,(H,27,28)/b23-21+. The van der Waals surface area contributed by atoms with Crippen LogP contribution in [0.3, 0.4) is 0 Å². The third kappa shape index (κ3) is 3.27. The predicted octanol–water partition coefficient (Wildman–Crippen LogP) is 4.21. The van der Waals surface area contributed by atoms with E-state index in [1.54, 1.807) is 42.5 Å². The van der Waals surface area contributed by atoms with Crippen molar-refractivity contribution in [1.82, 2.24) is 9.97 Å². The average molecular weight is 455 g/mol. The van der Waals surface area contributed by atoms with Crippen molar-refractivity contribution >= 4 is 34.4 Å². The highest BCUT2D eigenvalue weighted by Gasteiger charge is 2.48. The molecule has 5 rings (SSSR count). The highest BCUT2D eigenvalue weighted by molar-refractivity contribution is 6.51. The minimum Gasteiger partial charge on any atom is -0.506 e. The zero-order valence-corrected chi connectivity index (χ0v) is 18.5. The van der Waals surface area contributed by atoms with Gasteiger partial charge in [-0.2, -0.15) is 0 Å². The first kappa shape index (κ1) is 21.3. The maximum atomic E-state index is 13.4. The van der Waals surface area contributed by atoms with E-state index in [2.05, 4.69) is 9.97 Å². The number of ketones is 1. The monoisotopic (exact) mass is 455 g/mol. The fourth-order valence-electron chi connectivity index (χ4n) is 4.27. The van der Waals surface area contributed by atoms with Crippen LogP contribution in [-0.2, 0) is 9.59 Å². The van der Waals surface area contributed by atoms with E-state index in [4.69, 9.17) is 9.47 Å². The lowest BCUT2D eigenvalue weighted by atomic mass is 9.95. The molecule has 2 heterocycles. The second kappa shape index (κ2) is 8.40. The molecular formula is C26H21N3O5. The number of ether oxygens (including phenoxy) is 2. The number of aromatic amines is 1. The van der Waals surface area contributed by atoms with Gasteiger partial charge < -0.3 is 19.6 Å². The van der Waals surface area contributed by atoms with Crippen molar-refractivity contribution < 1.29 is 24.2 Å². The van der Waals surface area contributed by atoms with Crippen molar-refractivity contribution in [2.75, 3.05) is 19.1 Å². The number of aliphatic hydroxyl groups excluding tert-OH is 1. The van der Waals surface area contributed by atoms with Gasteiger partial charge in [0.2, 0.25) is 5.95 Å². The van der Waals surface area contributed by atoms with Gasteiger partial charge in [0, 0.05) is 0 Å². The normalized spacial score (nSPS) is 17.4. The fourth-order valence-corrected chi connectivity index (χ4v) is 4.27. The first-order valence-corrected chi connectivity index (χ1v) is 10.6. The Kier molecular flexibility index (Phi) is 5.25. The summed E-state index contributed by atoms with van der Waals surface area (Å²) in [5.41, 5.74) is 2.11. The van der Waals surface area contributed by atoms with E-state index in [1.165, 1.54) is 19.1 Å². The van der Waals surface area contributed by atoms with Crippen molar-refractivity contribution in [2.45, 2.75) is 6.04 Å². The molecule has 0 radical (unpaired) electrons. The number of imidazole rings is 1. The van der Waals surface area contributed by atoms with Gasteiger partial charge in [0.25, 0.3) is 5.78 Å². The summed E-state index contributed by atoms with van der Waals surface area (Å²) >= 11 is 0. The van der Waals surface area contributed by atoms with Crippen LogP contribution in [0.5, 0.6) is 11.5 Å². The number of carbonyl (C=O) groups excluding carboxylic acids is 2. The van der Waals surface area contributed by atoms with Gasteiger partial charge in [-0.05, 0) is 29.8 Å². The van der Waals surface area contributed by atoms with E-state index in [9.17, 15) is 14.7 Å². The number of Topliss-reactive ketones (excluding diaryl/α,β-unsaturated/α-hetero) is 1. The van der Waals surface area contributed by atoms with E-state index < -0.39 is 17.7 Å². The Balaban J connectivity index is 1.77. The summed E-state index contributed by atoms with van der Waals surface area (Å²) in [5, 5.41) is 11.5. The molecule has 1 amide bonds. The van der Waals surface area contributed by atoms with Gasteiger partial charge in [-0.25, -0.2) is 4.98 Å². The molecule has 1 fully saturated rings. The van der Waals surface area contributed by atoms with E-state index in [0.717, 1.165) is 5.52 Å². The molecule has 1 aromatic heterocycles. The Morgan fingerprint density at radius 1 is 0.912 bits per heavy atom. The lowest BCUT2D eigenvalue weighted by Crippen LogP contribution is -2.30. The largest absolute Gasteiger partial charge is 0.506 e. The van der Waals surface area contributed by atoms with Crippen molar-refractivity contribution in [3.8, 4) is 11.5 Å². The Labute approximate surface area is 195 Å². The molecule has 0 bridgehead atoms. The van der Waals surface area contributed by atoms with Crippen LogP contribution in [0, 0.1) is 0 Å². The number of methoxy groups -OCH3 is 2. The summed E-state index contributed by atoms with van der Waals surface area (Å²) in [7, 11) is 2.90. The first-order valence-electron chi connectivity index (χ1n) is 10.6. The molecule has 2 N–H and O–H groups in total. The number of amides is 1. The topological polar surface area (TPSA) is 105 Å². The van der Waals surface area contributed by atoms with Crippen LogP contribution >= 0.6 is 0 Å². The molecular weight excluding hydrogens is 434 g/mol. The molecule has 1 aliphatic rings. The summed E-state index contributed by atoms with van der Waals surface area (Å²) in [4.78, 5) is 35.6. The molecule has 1 atom stereocenters. The number of H-pyrrole nitrogens is 1. The van der Waals surface area contributed by atoms with Crippen LogP contribution in [0.25, 0.3) is 16.8 Å². The number of rotatable bonds is 5. The lowest BCUT2D eigenvalue weighted by Gasteiger charge is -2.23. The van der Waals surface area contributed by atoms with Crippen molar-refractivity contribution in [1.29, 1.82) is 0 Å². The zero-order valence-electron chi connectivity index (χ0n) is 18.5. The predicted molar refractivity (Wildman–Crippen MR) is 127 cm³/mol. The van der Waals surface area contributed by atoms with Crippen LogP contribution in [0.15, 0.2) is 78.4 Å². The van der Waals surface area contributed by atoms with Gasteiger partial charge in [-0.1, -0.05) is 48.5 Å². The van der Waals surface area contributed by atoms with Gasteiger partial charge in [0.1, 0.15) is 22.8 Å². The van der Waals surface area contributed by atoms with E-state index in [1.807, 2.05) is 30.3 Å². The van der Waals surface area contributed by atoms with Crippen LogP contribution in [0.4, 0.5) is 5.95 Å². The summed E-state index contributed by atoms with van der Waals surface area (Å²) in [6.45, 7) is 0. The van der Waals surface area contributed by atoms with Gasteiger partial charge in [-0.15, -0.1) is 0 Å². The summed E-state index contributed by atoms with van der Waals surface area (Å²) in [6.07, 6.45) is 0. The molecule has 1 aliphatic heterocycles. The minimum atomic E-state index is -0.920. The van der Waals surface area contributed by atoms with Crippen LogP contribution < -0.4 is 14.4 Å². The average Bonchev–Trinajstić information content (AvgIpc) is 3.42. The number of anilines is 1. The molecule has 170 valence electrons. The third-order valence-corrected chi connectivity index (χ3v) is 5.83. The molecule has 34 heavy (non-hydrogen) atoms. The van der Waals surface area contributed by atoms with Crippen LogP contribution in [0.2, 0.25) is 0 Å². The molecule has 0 aliphatic carbocycles. The Bertz CT molecular complexity index is 1390. The van der Waals surface area contributed by atoms with Gasteiger partial charge in [0.15, 0.2) is 0 Å². The molecule has 0 spiro atoms. The van der Waals surface area contributed by atoms with Gasteiger partial charge >= 0.3 is 5.91 Å². The third-order valence-electron chi connectivity index (χ3n) is 5.83. The highest BCUT2D eigenvalue weighted by atomic mass is 16.5. The molecule has 8 nitrogen and oxygen atoms in total. The molecule has 0 saturated carbocycles. The lowest BCUT2D eigenvalue weighted by molar-refractivity contribution is -0.132. The van der Waals surface area contributed by atoms with Crippen molar-refractivity contribution in [3.63, 3.8) is 0 Å². The Morgan fingerprint density at radius 2 is 1.56 bits per heavy atom. The maximum Gasteiger partial charge on any atom is 0.302 e. The smallest absolute Gasteiger partial charge is 0.302 e. The summed E-state index contributed by atoms with van der Waals surface area (Å²) < 4.78 is 10.8. The number of nitrogens with one attached hydrogen (secondary N) is 1. The molecule has 3 aromatic carbocycles. The van der Waals surface area contributed by atoms with Crippen LogP contribution in [-0.4, -0.2) is 41.0 Å². The number of aliphatic hydroxyl groups is 1. The first-order chi connectivity index (χ1) is 16.5. The molecule has 4 aromatic rings. The number of benzene rings is 3. The van der Waals surface area contributed by atoms with Crippen molar-refractivity contribution in [2.24, 2.45) is 0 Å². The van der Waals surface area contributed by atoms with Gasteiger partial charge in [-0.3, -0.25) is 14.5 Å². The number of hydrogen-bond acceptors (Lipinski definition) is 6.